The largest absolute Gasteiger partial charge is 0.494 e. The highest BCUT2D eigenvalue weighted by Gasteiger charge is 2.16. The molecule has 0 aliphatic carbocycles. The van der Waals surface area contributed by atoms with Crippen LogP contribution in [0.25, 0.3) is 17.1 Å². The SMILES string of the molecule is COc1ccc(C)cc1-n1ccc(C(=O)Nc2ccccc2-c2nncn2C)n1. The zero-order valence-electron chi connectivity index (χ0n) is 16.3. The molecule has 0 aliphatic heterocycles. The van der Waals surface area contributed by atoms with E-state index in [1.54, 1.807) is 34.9 Å². The van der Waals surface area contributed by atoms with E-state index in [4.69, 9.17) is 4.74 Å². The smallest absolute Gasteiger partial charge is 0.276 e. The van der Waals surface area contributed by atoms with Gasteiger partial charge in [0.15, 0.2) is 11.5 Å². The fraction of sp³-hybridized carbons (Fsp3) is 0.143. The third-order valence-electron chi connectivity index (χ3n) is 4.53. The Morgan fingerprint density at radius 2 is 1.97 bits per heavy atom. The molecule has 0 radical (unpaired) electrons. The summed E-state index contributed by atoms with van der Waals surface area (Å²) >= 11 is 0. The standard InChI is InChI=1S/C21H20N6O2/c1-14-8-9-19(29-3)18(12-14)27-11-10-17(25-27)21(28)23-16-7-5-4-6-15(16)20-24-22-13-26(20)2/h4-13H,1-3H3,(H,23,28). The van der Waals surface area contributed by atoms with Gasteiger partial charge in [-0.25, -0.2) is 4.68 Å². The lowest BCUT2D eigenvalue weighted by Gasteiger charge is -2.10. The van der Waals surface area contributed by atoms with Crippen LogP contribution in [-0.2, 0) is 7.05 Å². The van der Waals surface area contributed by atoms with Crippen molar-refractivity contribution < 1.29 is 9.53 Å². The van der Waals surface area contributed by atoms with Gasteiger partial charge in [0.2, 0.25) is 0 Å². The van der Waals surface area contributed by atoms with Gasteiger partial charge in [0.1, 0.15) is 17.8 Å². The van der Waals surface area contributed by atoms with Crippen LogP contribution in [0.2, 0.25) is 0 Å². The molecule has 8 nitrogen and oxygen atoms in total. The molecule has 4 aromatic rings. The number of aromatic nitrogens is 5. The molecule has 1 N–H and O–H groups in total. The number of anilines is 1. The minimum atomic E-state index is -0.315. The summed E-state index contributed by atoms with van der Waals surface area (Å²) in [6.45, 7) is 1.99. The molecule has 0 spiro atoms. The first-order chi connectivity index (χ1) is 14.1. The molecule has 8 heteroatoms. The van der Waals surface area contributed by atoms with Crippen molar-refractivity contribution in [3.05, 3.63) is 72.3 Å². The number of carbonyl (C=O) groups is 1. The number of nitrogens with zero attached hydrogens (tertiary/aromatic N) is 5. The van der Waals surface area contributed by atoms with Gasteiger partial charge in [-0.3, -0.25) is 4.79 Å². The highest BCUT2D eigenvalue weighted by atomic mass is 16.5. The third-order valence-corrected chi connectivity index (χ3v) is 4.53. The summed E-state index contributed by atoms with van der Waals surface area (Å²) in [6.07, 6.45) is 3.35. The van der Waals surface area contributed by atoms with Crippen LogP contribution in [0.15, 0.2) is 61.1 Å². The predicted molar refractivity (Wildman–Crippen MR) is 109 cm³/mol. The maximum absolute atomic E-state index is 12.8. The first-order valence-corrected chi connectivity index (χ1v) is 9.02. The number of aryl methyl sites for hydroxylation is 2. The molecular formula is C21H20N6O2. The average molecular weight is 388 g/mol. The van der Waals surface area contributed by atoms with Crippen molar-refractivity contribution in [2.24, 2.45) is 7.05 Å². The Morgan fingerprint density at radius 3 is 2.72 bits per heavy atom. The van der Waals surface area contributed by atoms with E-state index in [0.717, 1.165) is 16.8 Å². The van der Waals surface area contributed by atoms with Crippen molar-refractivity contribution >= 4 is 11.6 Å². The molecule has 4 rings (SSSR count). The molecule has 0 unspecified atom stereocenters. The van der Waals surface area contributed by atoms with Crippen LogP contribution in [-0.4, -0.2) is 37.6 Å². The Morgan fingerprint density at radius 1 is 1.14 bits per heavy atom. The maximum Gasteiger partial charge on any atom is 0.276 e. The number of para-hydroxylation sites is 1. The van der Waals surface area contributed by atoms with E-state index in [0.29, 0.717) is 23.0 Å². The molecule has 0 fully saturated rings. The van der Waals surface area contributed by atoms with Crippen molar-refractivity contribution in [3.63, 3.8) is 0 Å². The van der Waals surface area contributed by atoms with Crippen molar-refractivity contribution in [2.75, 3.05) is 12.4 Å². The number of ether oxygens (including phenoxy) is 1. The number of methoxy groups -OCH3 is 1. The fourth-order valence-corrected chi connectivity index (χ4v) is 3.06. The molecule has 146 valence electrons. The molecule has 2 heterocycles. The molecule has 0 bridgehead atoms. The molecule has 1 amide bonds. The number of carbonyl (C=O) groups excluding carboxylic acids is 1. The van der Waals surface area contributed by atoms with Crippen LogP contribution < -0.4 is 10.1 Å². The molecule has 0 aliphatic rings. The summed E-state index contributed by atoms with van der Waals surface area (Å²) in [4.78, 5) is 12.8. The van der Waals surface area contributed by atoms with Crippen molar-refractivity contribution in [1.29, 1.82) is 0 Å². The van der Waals surface area contributed by atoms with Crippen LogP contribution >= 0.6 is 0 Å². The molecule has 0 saturated heterocycles. The van der Waals surface area contributed by atoms with Crippen LogP contribution in [0.3, 0.4) is 0 Å². The Hall–Kier alpha value is -3.94. The molecular weight excluding hydrogens is 368 g/mol. The summed E-state index contributed by atoms with van der Waals surface area (Å²) in [5, 5.41) is 15.4. The number of amides is 1. The van der Waals surface area contributed by atoms with Gasteiger partial charge in [0.05, 0.1) is 12.8 Å². The Balaban J connectivity index is 1.62. The van der Waals surface area contributed by atoms with Gasteiger partial charge in [-0.1, -0.05) is 18.2 Å². The monoisotopic (exact) mass is 388 g/mol. The Labute approximate surface area is 167 Å². The van der Waals surface area contributed by atoms with Gasteiger partial charge in [0, 0.05) is 18.8 Å². The van der Waals surface area contributed by atoms with E-state index >= 15 is 0 Å². The highest BCUT2D eigenvalue weighted by molar-refractivity contribution is 6.04. The lowest BCUT2D eigenvalue weighted by Crippen LogP contribution is -2.14. The normalized spacial score (nSPS) is 10.7. The molecule has 29 heavy (non-hydrogen) atoms. The number of benzene rings is 2. The molecule has 2 aromatic heterocycles. The van der Waals surface area contributed by atoms with E-state index in [-0.39, 0.29) is 5.91 Å². The highest BCUT2D eigenvalue weighted by Crippen LogP contribution is 2.26. The van der Waals surface area contributed by atoms with Crippen molar-refractivity contribution in [2.45, 2.75) is 6.92 Å². The van der Waals surface area contributed by atoms with E-state index < -0.39 is 0 Å². The zero-order valence-corrected chi connectivity index (χ0v) is 16.3. The zero-order chi connectivity index (χ0) is 20.4. The topological polar surface area (TPSA) is 86.9 Å². The summed E-state index contributed by atoms with van der Waals surface area (Å²) in [6, 6.07) is 14.9. The summed E-state index contributed by atoms with van der Waals surface area (Å²) < 4.78 is 8.84. The number of rotatable bonds is 5. The predicted octanol–water partition coefficient (Wildman–Crippen LogP) is 3.24. The lowest BCUT2D eigenvalue weighted by molar-refractivity contribution is 0.102. The van der Waals surface area contributed by atoms with Gasteiger partial charge >= 0.3 is 0 Å². The number of hydrogen-bond donors (Lipinski definition) is 1. The van der Waals surface area contributed by atoms with Crippen LogP contribution in [0.1, 0.15) is 16.1 Å². The lowest BCUT2D eigenvalue weighted by atomic mass is 10.1. The summed E-state index contributed by atoms with van der Waals surface area (Å²) in [7, 11) is 3.46. The quantitative estimate of drug-likeness (QED) is 0.567. The van der Waals surface area contributed by atoms with Gasteiger partial charge in [-0.2, -0.15) is 5.10 Å². The fourth-order valence-electron chi connectivity index (χ4n) is 3.06. The van der Waals surface area contributed by atoms with Gasteiger partial charge < -0.3 is 14.6 Å². The minimum Gasteiger partial charge on any atom is -0.494 e. The molecule has 0 saturated carbocycles. The second-order valence-corrected chi connectivity index (χ2v) is 6.59. The number of nitrogens with one attached hydrogen (secondary N) is 1. The van der Waals surface area contributed by atoms with Crippen LogP contribution in [0.5, 0.6) is 5.75 Å². The first kappa shape index (κ1) is 18.4. The second kappa shape index (κ2) is 7.59. The molecule has 2 aromatic carbocycles. The second-order valence-electron chi connectivity index (χ2n) is 6.59. The Bertz CT molecular complexity index is 1180. The first-order valence-electron chi connectivity index (χ1n) is 9.02. The summed E-state index contributed by atoms with van der Waals surface area (Å²) in [5.41, 5.74) is 3.55. The van der Waals surface area contributed by atoms with Gasteiger partial charge in [0.25, 0.3) is 5.91 Å². The Kier molecular flexibility index (Phi) is 4.82. The number of hydrogen-bond acceptors (Lipinski definition) is 5. The van der Waals surface area contributed by atoms with Crippen LogP contribution in [0, 0.1) is 6.92 Å². The van der Waals surface area contributed by atoms with Crippen LogP contribution in [0.4, 0.5) is 5.69 Å². The van der Waals surface area contributed by atoms with E-state index in [2.05, 4.69) is 20.6 Å². The van der Waals surface area contributed by atoms with Gasteiger partial charge in [-0.05, 0) is 42.8 Å². The maximum atomic E-state index is 12.8. The summed E-state index contributed by atoms with van der Waals surface area (Å²) in [5.74, 6) is 1.03. The molecule has 0 atom stereocenters. The van der Waals surface area contributed by atoms with E-state index in [1.807, 2.05) is 56.4 Å². The average Bonchev–Trinajstić information content (AvgIpc) is 3.38. The van der Waals surface area contributed by atoms with Crippen molar-refractivity contribution in [3.8, 4) is 22.8 Å². The van der Waals surface area contributed by atoms with E-state index in [9.17, 15) is 4.79 Å². The van der Waals surface area contributed by atoms with Crippen molar-refractivity contribution in [1.82, 2.24) is 24.5 Å². The minimum absolute atomic E-state index is 0.293. The van der Waals surface area contributed by atoms with Gasteiger partial charge in [-0.15, -0.1) is 10.2 Å². The third kappa shape index (κ3) is 3.60. The van der Waals surface area contributed by atoms with E-state index in [1.165, 1.54) is 0 Å².